The molecule has 3 aromatic rings. The third-order valence-electron chi connectivity index (χ3n) is 8.38. The summed E-state index contributed by atoms with van der Waals surface area (Å²) in [5.41, 5.74) is 3.45. The monoisotopic (exact) mass is 443 g/mol. The standard InChI is InChI=1S/C28H33N3O2/c32-27(28(10-12-33-13-11-28)18-20-4-2-1-3-5-20)31-24-7-8-25(31)17-22(16-24)14-21-6-9-26-23(15-21)19-29-30-26/h1-6,9,15,19,22,24-25H,7-8,10-14,16-18H2,(H,29,30). The Balaban J connectivity index is 1.19. The van der Waals surface area contributed by atoms with Crippen molar-refractivity contribution in [1.82, 2.24) is 15.1 Å². The fraction of sp³-hybridized carbons (Fsp3) is 0.500. The van der Waals surface area contributed by atoms with Crippen LogP contribution in [-0.4, -0.2) is 46.3 Å². The number of aromatic amines is 1. The Morgan fingerprint density at radius 2 is 1.79 bits per heavy atom. The van der Waals surface area contributed by atoms with Crippen LogP contribution in [0.5, 0.6) is 0 Å². The van der Waals surface area contributed by atoms with Gasteiger partial charge in [0, 0.05) is 30.7 Å². The second kappa shape index (κ2) is 8.60. The number of hydrogen-bond donors (Lipinski definition) is 1. The van der Waals surface area contributed by atoms with Crippen LogP contribution in [0.1, 0.15) is 49.7 Å². The van der Waals surface area contributed by atoms with E-state index in [1.807, 2.05) is 6.20 Å². The Hall–Kier alpha value is -2.66. The zero-order valence-electron chi connectivity index (χ0n) is 19.2. The van der Waals surface area contributed by atoms with Gasteiger partial charge in [-0.25, -0.2) is 0 Å². The molecule has 3 saturated heterocycles. The molecule has 3 aliphatic rings. The highest BCUT2D eigenvalue weighted by atomic mass is 16.5. The Bertz CT molecular complexity index is 1100. The lowest BCUT2D eigenvalue weighted by Gasteiger charge is -2.46. The molecule has 2 aromatic carbocycles. The highest BCUT2D eigenvalue weighted by Gasteiger charge is 2.50. The third-order valence-corrected chi connectivity index (χ3v) is 8.38. The van der Waals surface area contributed by atoms with E-state index >= 15 is 0 Å². The average Bonchev–Trinajstić information content (AvgIpc) is 3.41. The van der Waals surface area contributed by atoms with Crippen molar-refractivity contribution in [3.05, 3.63) is 65.9 Å². The molecule has 2 unspecified atom stereocenters. The van der Waals surface area contributed by atoms with Crippen LogP contribution in [0.3, 0.4) is 0 Å². The summed E-state index contributed by atoms with van der Waals surface area (Å²) in [6.07, 6.45) is 10.1. The molecule has 33 heavy (non-hydrogen) atoms. The number of amides is 1. The quantitative estimate of drug-likeness (QED) is 0.609. The fourth-order valence-electron chi connectivity index (χ4n) is 6.73. The SMILES string of the molecule is O=C(N1C2CCC1CC(Cc1ccc3[nH]ncc3c1)C2)C1(Cc2ccccc2)CCOCC1. The first kappa shape index (κ1) is 20.9. The molecule has 2 bridgehead atoms. The van der Waals surface area contributed by atoms with Crippen molar-refractivity contribution in [2.24, 2.45) is 11.3 Å². The number of rotatable bonds is 5. The number of hydrogen-bond acceptors (Lipinski definition) is 3. The highest BCUT2D eigenvalue weighted by molar-refractivity contribution is 5.84. The van der Waals surface area contributed by atoms with Crippen LogP contribution >= 0.6 is 0 Å². The minimum Gasteiger partial charge on any atom is -0.381 e. The zero-order valence-corrected chi connectivity index (χ0v) is 19.2. The van der Waals surface area contributed by atoms with Gasteiger partial charge in [0.05, 0.1) is 17.1 Å². The van der Waals surface area contributed by atoms with Gasteiger partial charge in [0.15, 0.2) is 0 Å². The molecule has 4 heterocycles. The largest absolute Gasteiger partial charge is 0.381 e. The van der Waals surface area contributed by atoms with Gasteiger partial charge < -0.3 is 9.64 Å². The Morgan fingerprint density at radius 3 is 2.55 bits per heavy atom. The number of nitrogens with one attached hydrogen (secondary N) is 1. The topological polar surface area (TPSA) is 58.2 Å². The van der Waals surface area contributed by atoms with Crippen LogP contribution in [0, 0.1) is 11.3 Å². The smallest absolute Gasteiger partial charge is 0.229 e. The van der Waals surface area contributed by atoms with Gasteiger partial charge in [-0.05, 0) is 80.5 Å². The van der Waals surface area contributed by atoms with E-state index in [4.69, 9.17) is 4.74 Å². The summed E-state index contributed by atoms with van der Waals surface area (Å²) in [6, 6.07) is 18.0. The first-order valence-corrected chi connectivity index (χ1v) is 12.6. The second-order valence-electron chi connectivity index (χ2n) is 10.5. The Kier molecular flexibility index (Phi) is 5.45. The lowest BCUT2D eigenvalue weighted by molar-refractivity contribution is -0.153. The van der Waals surface area contributed by atoms with E-state index < -0.39 is 0 Å². The number of H-pyrrole nitrogens is 1. The van der Waals surface area contributed by atoms with Crippen molar-refractivity contribution in [3.8, 4) is 0 Å². The maximum absolute atomic E-state index is 14.2. The van der Waals surface area contributed by atoms with Crippen LogP contribution in [-0.2, 0) is 22.4 Å². The first-order valence-electron chi connectivity index (χ1n) is 12.6. The van der Waals surface area contributed by atoms with Gasteiger partial charge in [-0.2, -0.15) is 5.10 Å². The molecule has 0 saturated carbocycles. The molecular formula is C28H33N3O2. The number of fused-ring (bicyclic) bond motifs is 3. The molecule has 3 fully saturated rings. The van der Waals surface area contributed by atoms with Crippen LogP contribution < -0.4 is 0 Å². The van der Waals surface area contributed by atoms with E-state index in [-0.39, 0.29) is 5.41 Å². The molecule has 6 rings (SSSR count). The summed E-state index contributed by atoms with van der Waals surface area (Å²) >= 11 is 0. The van der Waals surface area contributed by atoms with E-state index in [2.05, 4.69) is 63.6 Å². The van der Waals surface area contributed by atoms with Crippen molar-refractivity contribution in [2.45, 2.75) is 63.5 Å². The van der Waals surface area contributed by atoms with E-state index in [9.17, 15) is 4.79 Å². The molecule has 1 N–H and O–H groups in total. The van der Waals surface area contributed by atoms with E-state index in [0.717, 1.165) is 56.9 Å². The van der Waals surface area contributed by atoms with Gasteiger partial charge >= 0.3 is 0 Å². The van der Waals surface area contributed by atoms with Crippen molar-refractivity contribution < 1.29 is 9.53 Å². The van der Waals surface area contributed by atoms with Crippen LogP contribution in [0.25, 0.3) is 10.9 Å². The van der Waals surface area contributed by atoms with Gasteiger partial charge in [0.2, 0.25) is 5.91 Å². The Morgan fingerprint density at radius 1 is 1.03 bits per heavy atom. The molecule has 5 nitrogen and oxygen atoms in total. The summed E-state index contributed by atoms with van der Waals surface area (Å²) in [5, 5.41) is 8.38. The number of ether oxygens (including phenoxy) is 1. The maximum Gasteiger partial charge on any atom is 0.229 e. The third kappa shape index (κ3) is 3.97. The first-order chi connectivity index (χ1) is 16.2. The molecule has 172 valence electrons. The molecular weight excluding hydrogens is 410 g/mol. The number of piperidine rings is 1. The molecule has 0 spiro atoms. The van der Waals surface area contributed by atoms with Crippen molar-refractivity contribution in [2.75, 3.05) is 13.2 Å². The lowest BCUT2D eigenvalue weighted by Crippen LogP contribution is -2.55. The van der Waals surface area contributed by atoms with Crippen LogP contribution in [0.2, 0.25) is 0 Å². The summed E-state index contributed by atoms with van der Waals surface area (Å²) < 4.78 is 5.70. The second-order valence-corrected chi connectivity index (χ2v) is 10.5. The van der Waals surface area contributed by atoms with Gasteiger partial charge in [-0.3, -0.25) is 9.89 Å². The average molecular weight is 444 g/mol. The zero-order chi connectivity index (χ0) is 22.3. The summed E-state index contributed by atoms with van der Waals surface area (Å²) in [6.45, 7) is 1.39. The summed E-state index contributed by atoms with van der Waals surface area (Å²) in [5.74, 6) is 1.05. The predicted octanol–water partition coefficient (Wildman–Crippen LogP) is 4.91. The minimum absolute atomic E-state index is 0.306. The van der Waals surface area contributed by atoms with E-state index in [1.54, 1.807) is 0 Å². The highest BCUT2D eigenvalue weighted by Crippen LogP contribution is 2.45. The molecule has 0 radical (unpaired) electrons. The van der Waals surface area contributed by atoms with Gasteiger partial charge in [0.25, 0.3) is 0 Å². The molecule has 0 aliphatic carbocycles. The van der Waals surface area contributed by atoms with E-state index in [1.165, 1.54) is 16.5 Å². The lowest BCUT2D eigenvalue weighted by atomic mass is 9.73. The molecule has 1 aromatic heterocycles. The molecule has 5 heteroatoms. The fourth-order valence-corrected chi connectivity index (χ4v) is 6.73. The summed E-state index contributed by atoms with van der Waals surface area (Å²) in [4.78, 5) is 16.5. The molecule has 2 atom stereocenters. The number of carbonyl (C=O) groups excluding carboxylic acids is 1. The van der Waals surface area contributed by atoms with Gasteiger partial charge in [0.1, 0.15) is 0 Å². The maximum atomic E-state index is 14.2. The number of benzene rings is 2. The summed E-state index contributed by atoms with van der Waals surface area (Å²) in [7, 11) is 0. The van der Waals surface area contributed by atoms with Crippen LogP contribution in [0.4, 0.5) is 0 Å². The minimum atomic E-state index is -0.306. The number of carbonyl (C=O) groups is 1. The molecule has 1 amide bonds. The van der Waals surface area contributed by atoms with Crippen molar-refractivity contribution >= 4 is 16.8 Å². The van der Waals surface area contributed by atoms with E-state index in [0.29, 0.717) is 37.1 Å². The van der Waals surface area contributed by atoms with Crippen LogP contribution in [0.15, 0.2) is 54.7 Å². The Labute approximate surface area is 195 Å². The van der Waals surface area contributed by atoms with Crippen molar-refractivity contribution in [1.29, 1.82) is 0 Å². The van der Waals surface area contributed by atoms with Gasteiger partial charge in [-0.15, -0.1) is 0 Å². The van der Waals surface area contributed by atoms with Gasteiger partial charge in [-0.1, -0.05) is 36.4 Å². The normalized spacial score (nSPS) is 26.5. The number of nitrogens with zero attached hydrogens (tertiary/aromatic N) is 2. The number of aromatic nitrogens is 2. The van der Waals surface area contributed by atoms with Crippen molar-refractivity contribution in [3.63, 3.8) is 0 Å². The predicted molar refractivity (Wildman–Crippen MR) is 129 cm³/mol. The molecule has 3 aliphatic heterocycles.